The van der Waals surface area contributed by atoms with Gasteiger partial charge in [0.1, 0.15) is 6.61 Å². The highest BCUT2D eigenvalue weighted by Gasteiger charge is 2.28. The van der Waals surface area contributed by atoms with Crippen molar-refractivity contribution in [1.82, 2.24) is 14.7 Å². The van der Waals surface area contributed by atoms with Crippen molar-refractivity contribution in [2.24, 2.45) is 0 Å². The molecule has 0 unspecified atom stereocenters. The van der Waals surface area contributed by atoms with Crippen LogP contribution < -0.4 is 0 Å². The highest BCUT2D eigenvalue weighted by atomic mass is 19.4. The van der Waals surface area contributed by atoms with Gasteiger partial charge in [0.2, 0.25) is 5.91 Å². The standard InChI is InChI=1S/C20H26F3N3O3/c21-20(22,23)15-29-14-16-3-5-17(6-4-16)19(28)26-11-9-24(10-12-26)13-18(27)25-7-1-2-8-25/h3-6H,1-2,7-15H2. The van der Waals surface area contributed by atoms with Crippen LogP contribution in [0.25, 0.3) is 0 Å². The largest absolute Gasteiger partial charge is 0.411 e. The molecule has 29 heavy (non-hydrogen) atoms. The lowest BCUT2D eigenvalue weighted by Crippen LogP contribution is -2.51. The Bertz CT molecular complexity index is 695. The van der Waals surface area contributed by atoms with Gasteiger partial charge >= 0.3 is 6.18 Å². The zero-order valence-electron chi connectivity index (χ0n) is 16.3. The van der Waals surface area contributed by atoms with Crippen LogP contribution in [0.3, 0.4) is 0 Å². The van der Waals surface area contributed by atoms with Crippen molar-refractivity contribution in [3.63, 3.8) is 0 Å². The van der Waals surface area contributed by atoms with E-state index in [-0.39, 0.29) is 18.4 Å². The summed E-state index contributed by atoms with van der Waals surface area (Å²) in [6.45, 7) is 3.02. The molecule has 2 aliphatic rings. The summed E-state index contributed by atoms with van der Waals surface area (Å²) in [5.74, 6) is 0.0453. The summed E-state index contributed by atoms with van der Waals surface area (Å²) >= 11 is 0. The first-order chi connectivity index (χ1) is 13.8. The molecule has 6 nitrogen and oxygen atoms in total. The van der Waals surface area contributed by atoms with Crippen LogP contribution in [0.4, 0.5) is 13.2 Å². The third-order valence-corrected chi connectivity index (χ3v) is 5.21. The number of benzene rings is 1. The van der Waals surface area contributed by atoms with Gasteiger partial charge < -0.3 is 14.5 Å². The van der Waals surface area contributed by atoms with Gasteiger partial charge in [-0.2, -0.15) is 13.2 Å². The quantitative estimate of drug-likeness (QED) is 0.717. The SMILES string of the molecule is O=C(CN1CCN(C(=O)c2ccc(COCC(F)(F)F)cc2)CC1)N1CCCC1. The topological polar surface area (TPSA) is 53.1 Å². The number of amides is 2. The Morgan fingerprint density at radius 1 is 0.897 bits per heavy atom. The molecule has 2 saturated heterocycles. The summed E-state index contributed by atoms with van der Waals surface area (Å²) < 4.78 is 41.0. The molecule has 1 aromatic carbocycles. The van der Waals surface area contributed by atoms with Gasteiger partial charge in [-0.05, 0) is 30.5 Å². The fourth-order valence-electron chi connectivity index (χ4n) is 3.58. The third-order valence-electron chi connectivity index (χ3n) is 5.21. The van der Waals surface area contributed by atoms with E-state index >= 15 is 0 Å². The summed E-state index contributed by atoms with van der Waals surface area (Å²) in [6.07, 6.45) is -2.21. The number of carbonyl (C=O) groups is 2. The molecule has 0 N–H and O–H groups in total. The smallest absolute Gasteiger partial charge is 0.367 e. The Labute approximate surface area is 168 Å². The molecule has 2 fully saturated rings. The summed E-state index contributed by atoms with van der Waals surface area (Å²) in [5.41, 5.74) is 1.07. The molecule has 0 atom stereocenters. The Kier molecular flexibility index (Phi) is 7.13. The summed E-state index contributed by atoms with van der Waals surface area (Å²) in [4.78, 5) is 30.6. The van der Waals surface area contributed by atoms with Crippen molar-refractivity contribution in [3.8, 4) is 0 Å². The van der Waals surface area contributed by atoms with E-state index in [0.29, 0.717) is 43.9 Å². The fourth-order valence-corrected chi connectivity index (χ4v) is 3.58. The molecule has 0 saturated carbocycles. The van der Waals surface area contributed by atoms with Gasteiger partial charge in [-0.3, -0.25) is 14.5 Å². The molecule has 2 heterocycles. The monoisotopic (exact) mass is 413 g/mol. The van der Waals surface area contributed by atoms with Gasteiger partial charge in [-0.25, -0.2) is 0 Å². The van der Waals surface area contributed by atoms with Crippen LogP contribution in [0.15, 0.2) is 24.3 Å². The zero-order valence-corrected chi connectivity index (χ0v) is 16.3. The molecule has 0 aromatic heterocycles. The van der Waals surface area contributed by atoms with E-state index in [1.807, 2.05) is 4.90 Å². The van der Waals surface area contributed by atoms with Crippen molar-refractivity contribution in [1.29, 1.82) is 0 Å². The number of carbonyl (C=O) groups excluding carboxylic acids is 2. The lowest BCUT2D eigenvalue weighted by Gasteiger charge is -2.35. The highest BCUT2D eigenvalue weighted by molar-refractivity contribution is 5.94. The molecule has 160 valence electrons. The van der Waals surface area contributed by atoms with Gasteiger partial charge in [0.05, 0.1) is 13.2 Å². The molecule has 0 aliphatic carbocycles. The lowest BCUT2D eigenvalue weighted by atomic mass is 10.1. The van der Waals surface area contributed by atoms with Crippen LogP contribution >= 0.6 is 0 Å². The molecule has 2 amide bonds. The van der Waals surface area contributed by atoms with Crippen molar-refractivity contribution < 1.29 is 27.5 Å². The van der Waals surface area contributed by atoms with E-state index in [1.165, 1.54) is 0 Å². The van der Waals surface area contributed by atoms with Crippen molar-refractivity contribution in [3.05, 3.63) is 35.4 Å². The minimum atomic E-state index is -4.35. The summed E-state index contributed by atoms with van der Waals surface area (Å²) in [5, 5.41) is 0. The molecule has 3 rings (SSSR count). The minimum absolute atomic E-state index is 0.113. The second-order valence-corrected chi connectivity index (χ2v) is 7.46. The normalized spacial score (nSPS) is 18.3. The Balaban J connectivity index is 1.43. The van der Waals surface area contributed by atoms with E-state index in [9.17, 15) is 22.8 Å². The van der Waals surface area contributed by atoms with Crippen molar-refractivity contribution >= 4 is 11.8 Å². The van der Waals surface area contributed by atoms with Gasteiger partial charge in [-0.1, -0.05) is 12.1 Å². The van der Waals surface area contributed by atoms with E-state index in [4.69, 9.17) is 0 Å². The Hall–Kier alpha value is -2.13. The fraction of sp³-hybridized carbons (Fsp3) is 0.600. The van der Waals surface area contributed by atoms with Crippen LogP contribution in [0, 0.1) is 0 Å². The van der Waals surface area contributed by atoms with Crippen LogP contribution in [0.1, 0.15) is 28.8 Å². The number of hydrogen-bond donors (Lipinski definition) is 0. The Morgan fingerprint density at radius 2 is 1.52 bits per heavy atom. The van der Waals surface area contributed by atoms with E-state index in [2.05, 4.69) is 9.64 Å². The maximum Gasteiger partial charge on any atom is 0.411 e. The molecule has 9 heteroatoms. The summed E-state index contributed by atoms with van der Waals surface area (Å²) in [6, 6.07) is 6.43. The second kappa shape index (κ2) is 9.58. The van der Waals surface area contributed by atoms with E-state index < -0.39 is 12.8 Å². The number of rotatable bonds is 6. The lowest BCUT2D eigenvalue weighted by molar-refractivity contribution is -0.176. The van der Waals surface area contributed by atoms with Crippen molar-refractivity contribution in [2.75, 3.05) is 52.4 Å². The molecular formula is C20H26F3N3O3. The average Bonchev–Trinajstić information content (AvgIpc) is 3.23. The average molecular weight is 413 g/mol. The van der Waals surface area contributed by atoms with Crippen molar-refractivity contribution in [2.45, 2.75) is 25.6 Å². The molecule has 0 bridgehead atoms. The molecule has 0 radical (unpaired) electrons. The third kappa shape index (κ3) is 6.43. The summed E-state index contributed by atoms with van der Waals surface area (Å²) in [7, 11) is 0. The first-order valence-electron chi connectivity index (χ1n) is 9.85. The number of halogens is 3. The number of likely N-dealkylation sites (tertiary alicyclic amines) is 1. The van der Waals surface area contributed by atoms with Crippen LogP contribution in [0.5, 0.6) is 0 Å². The van der Waals surface area contributed by atoms with E-state index in [1.54, 1.807) is 29.2 Å². The van der Waals surface area contributed by atoms with Crippen LogP contribution in [-0.2, 0) is 16.1 Å². The van der Waals surface area contributed by atoms with E-state index in [0.717, 1.165) is 25.9 Å². The predicted octanol–water partition coefficient (Wildman–Crippen LogP) is 2.15. The zero-order chi connectivity index (χ0) is 20.9. The first kappa shape index (κ1) is 21.6. The van der Waals surface area contributed by atoms with Gasteiger partial charge in [0.15, 0.2) is 0 Å². The van der Waals surface area contributed by atoms with Crippen LogP contribution in [-0.4, -0.2) is 85.1 Å². The molecule has 2 aliphatic heterocycles. The predicted molar refractivity (Wildman–Crippen MR) is 100 cm³/mol. The molecule has 1 aromatic rings. The molecular weight excluding hydrogens is 387 g/mol. The maximum absolute atomic E-state index is 12.6. The second-order valence-electron chi connectivity index (χ2n) is 7.46. The van der Waals surface area contributed by atoms with Gasteiger partial charge in [0, 0.05) is 44.8 Å². The minimum Gasteiger partial charge on any atom is -0.367 e. The number of ether oxygens (including phenoxy) is 1. The number of hydrogen-bond acceptors (Lipinski definition) is 4. The number of alkyl halides is 3. The number of nitrogens with zero attached hydrogens (tertiary/aromatic N) is 3. The van der Waals surface area contributed by atoms with Gasteiger partial charge in [0.25, 0.3) is 5.91 Å². The first-order valence-corrected chi connectivity index (χ1v) is 9.85. The van der Waals surface area contributed by atoms with Crippen LogP contribution in [0.2, 0.25) is 0 Å². The Morgan fingerprint density at radius 3 is 2.10 bits per heavy atom. The highest BCUT2D eigenvalue weighted by Crippen LogP contribution is 2.16. The maximum atomic E-state index is 12.6. The molecule has 0 spiro atoms. The van der Waals surface area contributed by atoms with Gasteiger partial charge in [-0.15, -0.1) is 0 Å². The number of piperazine rings is 1.